The molecular weight excluding hydrogens is 432 g/mol. The molecule has 1 nitrogen and oxygen atoms in total. The summed E-state index contributed by atoms with van der Waals surface area (Å²) in [5, 5.41) is 0. The van der Waals surface area contributed by atoms with E-state index in [9.17, 15) is 0 Å². The van der Waals surface area contributed by atoms with Gasteiger partial charge in [-0.2, -0.15) is 0 Å². The first-order valence-corrected chi connectivity index (χ1v) is 13.9. The summed E-state index contributed by atoms with van der Waals surface area (Å²) >= 11 is 3.81. The maximum absolute atomic E-state index is 6.29. The lowest BCUT2D eigenvalue weighted by atomic mass is 9.45. The summed E-state index contributed by atoms with van der Waals surface area (Å²) in [5.74, 6) is 6.12. The van der Waals surface area contributed by atoms with Crippen LogP contribution in [0.1, 0.15) is 92.4 Å². The Morgan fingerprint density at radius 2 is 1.83 bits per heavy atom. The van der Waals surface area contributed by atoms with E-state index in [1.54, 1.807) is 0 Å². The van der Waals surface area contributed by atoms with Gasteiger partial charge in [0.25, 0.3) is 0 Å². The second-order valence-electron chi connectivity index (χ2n) is 12.9. The fraction of sp³-hybridized carbons (Fsp3) is 0.929. The standard InChI is InChI=1S/C28H45BrO/c1-17(2)24(29)10-7-18(3)21-8-9-22-20-15-25(30-6)28-16-19(28)11-14-27(28,5)23(20)12-13-26(21,22)4/h10,17-23,25H,7-9,11-16H2,1-6H3/b24-10-/t18-,19?,20+,21-,22+,23+,25-,26-,27-,28?/m1/s1. The number of ether oxygens (including phenoxy) is 1. The van der Waals surface area contributed by atoms with Crippen molar-refractivity contribution in [2.75, 3.05) is 7.11 Å². The highest BCUT2D eigenvalue weighted by Gasteiger charge is 2.77. The van der Waals surface area contributed by atoms with Crippen LogP contribution in [0.5, 0.6) is 0 Å². The van der Waals surface area contributed by atoms with Crippen molar-refractivity contribution in [1.29, 1.82) is 0 Å². The van der Waals surface area contributed by atoms with Gasteiger partial charge in [0.15, 0.2) is 0 Å². The molecule has 0 saturated heterocycles. The number of hydrogen-bond acceptors (Lipinski definition) is 1. The van der Waals surface area contributed by atoms with Crippen molar-refractivity contribution in [3.8, 4) is 0 Å². The molecule has 170 valence electrons. The van der Waals surface area contributed by atoms with Crippen LogP contribution in [0, 0.1) is 57.7 Å². The molecule has 0 amide bonds. The van der Waals surface area contributed by atoms with Crippen molar-refractivity contribution in [1.82, 2.24) is 0 Å². The van der Waals surface area contributed by atoms with Crippen molar-refractivity contribution in [3.05, 3.63) is 10.6 Å². The molecule has 0 heterocycles. The topological polar surface area (TPSA) is 9.23 Å². The first-order valence-electron chi connectivity index (χ1n) is 13.1. The Balaban J connectivity index is 1.38. The van der Waals surface area contributed by atoms with Gasteiger partial charge < -0.3 is 4.74 Å². The van der Waals surface area contributed by atoms with E-state index in [4.69, 9.17) is 4.74 Å². The summed E-state index contributed by atoms with van der Waals surface area (Å²) in [4.78, 5) is 0. The highest BCUT2D eigenvalue weighted by Crippen LogP contribution is 2.82. The number of allylic oxidation sites excluding steroid dienone is 2. The average molecular weight is 478 g/mol. The third kappa shape index (κ3) is 2.80. The fourth-order valence-corrected chi connectivity index (χ4v) is 10.4. The van der Waals surface area contributed by atoms with E-state index in [0.29, 0.717) is 28.3 Å². The zero-order valence-electron chi connectivity index (χ0n) is 20.3. The van der Waals surface area contributed by atoms with Gasteiger partial charge in [-0.15, -0.1) is 0 Å². The van der Waals surface area contributed by atoms with Gasteiger partial charge >= 0.3 is 0 Å². The first kappa shape index (κ1) is 22.0. The van der Waals surface area contributed by atoms with Gasteiger partial charge in [0.05, 0.1) is 6.10 Å². The van der Waals surface area contributed by atoms with Crippen LogP contribution >= 0.6 is 15.9 Å². The summed E-state index contributed by atoms with van der Waals surface area (Å²) in [6.45, 7) is 12.5. The van der Waals surface area contributed by atoms with Crippen molar-refractivity contribution in [3.63, 3.8) is 0 Å². The van der Waals surface area contributed by atoms with Crippen LogP contribution in [0.2, 0.25) is 0 Å². The Morgan fingerprint density at radius 1 is 1.07 bits per heavy atom. The summed E-state index contributed by atoms with van der Waals surface area (Å²) in [6, 6.07) is 0. The predicted molar refractivity (Wildman–Crippen MR) is 129 cm³/mol. The summed E-state index contributed by atoms with van der Waals surface area (Å²) in [5.41, 5.74) is 1.69. The third-order valence-electron chi connectivity index (χ3n) is 11.8. The van der Waals surface area contributed by atoms with E-state index in [0.717, 1.165) is 35.5 Å². The van der Waals surface area contributed by atoms with Crippen LogP contribution in [0.15, 0.2) is 10.6 Å². The summed E-state index contributed by atoms with van der Waals surface area (Å²) in [6.07, 6.45) is 16.0. The second-order valence-corrected chi connectivity index (χ2v) is 13.8. The van der Waals surface area contributed by atoms with Crippen molar-refractivity contribution in [2.24, 2.45) is 57.7 Å². The van der Waals surface area contributed by atoms with Crippen molar-refractivity contribution >= 4 is 15.9 Å². The maximum Gasteiger partial charge on any atom is 0.0638 e. The molecule has 10 atom stereocenters. The Hall–Kier alpha value is 0.180. The zero-order chi connectivity index (χ0) is 21.5. The van der Waals surface area contributed by atoms with Gasteiger partial charge in [0.1, 0.15) is 0 Å². The highest BCUT2D eigenvalue weighted by atomic mass is 79.9. The van der Waals surface area contributed by atoms with E-state index in [2.05, 4.69) is 56.6 Å². The Labute approximate surface area is 194 Å². The molecule has 2 unspecified atom stereocenters. The highest BCUT2D eigenvalue weighted by molar-refractivity contribution is 9.11. The summed E-state index contributed by atoms with van der Waals surface area (Å²) in [7, 11) is 2.02. The van der Waals surface area contributed by atoms with Gasteiger partial charge in [0.2, 0.25) is 0 Å². The quantitative estimate of drug-likeness (QED) is 0.387. The molecule has 5 fully saturated rings. The molecule has 5 aliphatic carbocycles. The van der Waals surface area contributed by atoms with Gasteiger partial charge in [0, 0.05) is 12.5 Å². The molecule has 5 saturated carbocycles. The number of hydrogen-bond donors (Lipinski definition) is 0. The lowest BCUT2D eigenvalue weighted by Crippen LogP contribution is -2.57. The van der Waals surface area contributed by atoms with Gasteiger partial charge in [-0.3, -0.25) is 0 Å². The fourth-order valence-electron chi connectivity index (χ4n) is 10.3. The molecule has 0 N–H and O–H groups in total. The lowest BCUT2D eigenvalue weighted by Gasteiger charge is -2.61. The van der Waals surface area contributed by atoms with Crippen molar-refractivity contribution in [2.45, 2.75) is 98.5 Å². The number of fused-ring (bicyclic) bond motifs is 4. The molecule has 1 spiro atoms. The third-order valence-corrected chi connectivity index (χ3v) is 13.1. The van der Waals surface area contributed by atoms with Crippen LogP contribution in [0.4, 0.5) is 0 Å². The monoisotopic (exact) mass is 476 g/mol. The molecule has 0 aromatic rings. The molecular formula is C28H45BrO. The van der Waals surface area contributed by atoms with Crippen LogP contribution < -0.4 is 0 Å². The normalized spacial score (nSPS) is 53.1. The molecule has 5 rings (SSSR count). The zero-order valence-corrected chi connectivity index (χ0v) is 21.9. The Bertz CT molecular complexity index is 713. The van der Waals surface area contributed by atoms with Crippen molar-refractivity contribution < 1.29 is 4.74 Å². The van der Waals surface area contributed by atoms with E-state index in [1.807, 2.05) is 7.11 Å². The Morgan fingerprint density at radius 3 is 2.50 bits per heavy atom. The molecule has 0 aliphatic heterocycles. The Kier molecular flexibility index (Phi) is 5.38. The molecule has 0 aromatic heterocycles. The SMILES string of the molecule is CO[C@@H]1C[C@H]2[C@@H]3CC[C@H]([C@H](C)C/C=C(\Br)C(C)C)[C@@]3(C)CC[C@@H]2[C@@]2(C)CCC3CC312. The van der Waals surface area contributed by atoms with Crippen LogP contribution in [-0.2, 0) is 4.74 Å². The van der Waals surface area contributed by atoms with Gasteiger partial charge in [-0.25, -0.2) is 0 Å². The second kappa shape index (κ2) is 7.34. The van der Waals surface area contributed by atoms with E-state index >= 15 is 0 Å². The molecule has 0 bridgehead atoms. The molecule has 30 heavy (non-hydrogen) atoms. The number of methoxy groups -OCH3 is 1. The average Bonchev–Trinajstić information content (AvgIpc) is 3.22. The first-order chi connectivity index (χ1) is 14.2. The van der Waals surface area contributed by atoms with Gasteiger partial charge in [-0.1, -0.05) is 56.6 Å². The smallest absolute Gasteiger partial charge is 0.0638 e. The van der Waals surface area contributed by atoms with Crippen LogP contribution in [0.3, 0.4) is 0 Å². The number of rotatable bonds is 5. The molecule has 2 heteroatoms. The van der Waals surface area contributed by atoms with E-state index in [1.165, 1.54) is 62.3 Å². The predicted octanol–water partition coefficient (Wildman–Crippen LogP) is 8.23. The number of halogens is 1. The molecule has 0 aromatic carbocycles. The van der Waals surface area contributed by atoms with Crippen LogP contribution in [0.25, 0.3) is 0 Å². The maximum atomic E-state index is 6.29. The summed E-state index contributed by atoms with van der Waals surface area (Å²) < 4.78 is 7.69. The van der Waals surface area contributed by atoms with Crippen LogP contribution in [-0.4, -0.2) is 13.2 Å². The minimum absolute atomic E-state index is 0.542. The van der Waals surface area contributed by atoms with E-state index in [-0.39, 0.29) is 0 Å². The van der Waals surface area contributed by atoms with E-state index < -0.39 is 0 Å². The molecule has 0 radical (unpaired) electrons. The minimum atomic E-state index is 0.542. The lowest BCUT2D eigenvalue weighted by molar-refractivity contribution is -0.161. The molecule has 5 aliphatic rings. The van der Waals surface area contributed by atoms with Gasteiger partial charge in [-0.05, 0) is 115 Å². The minimum Gasteiger partial charge on any atom is -0.381 e. The largest absolute Gasteiger partial charge is 0.381 e.